The predicted octanol–water partition coefficient (Wildman–Crippen LogP) is 3.34. The number of hydrogen-bond donors (Lipinski definition) is 2. The van der Waals surface area contributed by atoms with Crippen LogP contribution in [0.1, 0.15) is 43.2 Å². The lowest BCUT2D eigenvalue weighted by molar-refractivity contribution is -0.137. The van der Waals surface area contributed by atoms with Crippen molar-refractivity contribution in [3.8, 4) is 0 Å². The summed E-state index contributed by atoms with van der Waals surface area (Å²) in [7, 11) is 0. The summed E-state index contributed by atoms with van der Waals surface area (Å²) in [5.74, 6) is -0.749. The lowest BCUT2D eigenvalue weighted by atomic mass is 10.1. The van der Waals surface area contributed by atoms with Gasteiger partial charge >= 0.3 is 5.97 Å². The topological polar surface area (TPSA) is 66.4 Å². The van der Waals surface area contributed by atoms with Crippen LogP contribution < -0.4 is 5.32 Å². The van der Waals surface area contributed by atoms with Crippen molar-refractivity contribution in [2.75, 3.05) is 6.54 Å². The van der Waals surface area contributed by atoms with Crippen LogP contribution in [0.5, 0.6) is 0 Å². The molecule has 21 heavy (non-hydrogen) atoms. The van der Waals surface area contributed by atoms with Crippen molar-refractivity contribution < 1.29 is 14.7 Å². The fourth-order valence-electron chi connectivity index (χ4n) is 1.94. The highest BCUT2D eigenvalue weighted by molar-refractivity contribution is 6.31. The molecule has 0 unspecified atom stereocenters. The molecule has 1 aromatic rings. The first-order valence-electron chi connectivity index (χ1n) is 7.22. The van der Waals surface area contributed by atoms with E-state index in [0.717, 1.165) is 29.0 Å². The number of carbonyl (C=O) groups is 2. The Morgan fingerprint density at radius 3 is 2.62 bits per heavy atom. The Kier molecular flexibility index (Phi) is 7.83. The van der Waals surface area contributed by atoms with Gasteiger partial charge in [0.2, 0.25) is 5.91 Å². The van der Waals surface area contributed by atoms with Gasteiger partial charge < -0.3 is 10.4 Å². The van der Waals surface area contributed by atoms with Crippen LogP contribution in [0.4, 0.5) is 0 Å². The van der Waals surface area contributed by atoms with Gasteiger partial charge in [-0.15, -0.1) is 0 Å². The van der Waals surface area contributed by atoms with E-state index in [0.29, 0.717) is 25.8 Å². The summed E-state index contributed by atoms with van der Waals surface area (Å²) < 4.78 is 0. The van der Waals surface area contributed by atoms with Crippen LogP contribution in [-0.2, 0) is 16.0 Å². The maximum Gasteiger partial charge on any atom is 0.303 e. The first kappa shape index (κ1) is 17.5. The van der Waals surface area contributed by atoms with E-state index >= 15 is 0 Å². The van der Waals surface area contributed by atoms with Crippen LogP contribution in [0, 0.1) is 6.92 Å². The Morgan fingerprint density at radius 2 is 1.95 bits per heavy atom. The summed E-state index contributed by atoms with van der Waals surface area (Å²) in [6.07, 6.45) is 3.60. The van der Waals surface area contributed by atoms with Gasteiger partial charge in [0, 0.05) is 24.4 Å². The maximum atomic E-state index is 11.7. The zero-order valence-corrected chi connectivity index (χ0v) is 13.1. The van der Waals surface area contributed by atoms with Gasteiger partial charge in [0.05, 0.1) is 0 Å². The molecular formula is C16H22ClNO3. The molecule has 0 aliphatic rings. The number of halogens is 1. The summed E-state index contributed by atoms with van der Waals surface area (Å²) in [4.78, 5) is 22.0. The van der Waals surface area contributed by atoms with Gasteiger partial charge in [-0.05, 0) is 43.4 Å². The minimum absolute atomic E-state index is 0.0185. The standard InChI is InChI=1S/C16H22ClNO3/c1-12-6-7-13(11-14(12)17)8-9-15(19)18-10-4-2-3-5-16(20)21/h6-7,11H,2-5,8-10H2,1H3,(H,18,19)(H,20,21). The third-order valence-electron chi connectivity index (χ3n) is 3.27. The molecule has 0 radical (unpaired) electrons. The van der Waals surface area contributed by atoms with Crippen molar-refractivity contribution in [3.05, 3.63) is 34.3 Å². The first-order chi connectivity index (χ1) is 9.99. The van der Waals surface area contributed by atoms with Gasteiger partial charge in [-0.1, -0.05) is 30.2 Å². The Morgan fingerprint density at radius 1 is 1.19 bits per heavy atom. The number of carboxylic acids is 1. The number of aryl methyl sites for hydroxylation is 2. The smallest absolute Gasteiger partial charge is 0.303 e. The predicted molar refractivity (Wildman–Crippen MR) is 83.6 cm³/mol. The number of aliphatic carboxylic acids is 1. The van der Waals surface area contributed by atoms with Gasteiger partial charge in [-0.25, -0.2) is 0 Å². The molecule has 116 valence electrons. The molecule has 0 aromatic heterocycles. The number of hydrogen-bond acceptors (Lipinski definition) is 2. The third-order valence-corrected chi connectivity index (χ3v) is 3.67. The summed E-state index contributed by atoms with van der Waals surface area (Å²) in [6.45, 7) is 2.55. The van der Waals surface area contributed by atoms with E-state index in [2.05, 4.69) is 5.32 Å². The van der Waals surface area contributed by atoms with Crippen molar-refractivity contribution in [1.82, 2.24) is 5.32 Å². The number of rotatable bonds is 9. The molecule has 0 saturated heterocycles. The molecule has 0 saturated carbocycles. The zero-order valence-electron chi connectivity index (χ0n) is 12.3. The molecule has 0 fully saturated rings. The molecule has 5 heteroatoms. The molecule has 0 heterocycles. The molecule has 0 aliphatic heterocycles. The van der Waals surface area contributed by atoms with Crippen LogP contribution in [-0.4, -0.2) is 23.5 Å². The van der Waals surface area contributed by atoms with E-state index in [-0.39, 0.29) is 12.3 Å². The van der Waals surface area contributed by atoms with Gasteiger partial charge in [-0.3, -0.25) is 9.59 Å². The van der Waals surface area contributed by atoms with E-state index in [1.54, 1.807) is 0 Å². The van der Waals surface area contributed by atoms with Gasteiger partial charge in [-0.2, -0.15) is 0 Å². The lowest BCUT2D eigenvalue weighted by Crippen LogP contribution is -2.24. The second kappa shape index (κ2) is 9.40. The molecule has 2 N–H and O–H groups in total. The second-order valence-corrected chi connectivity index (χ2v) is 5.55. The Bertz CT molecular complexity index is 488. The molecule has 1 rings (SSSR count). The highest BCUT2D eigenvalue weighted by Crippen LogP contribution is 2.17. The molecule has 1 aromatic carbocycles. The van der Waals surface area contributed by atoms with Crippen molar-refractivity contribution in [3.63, 3.8) is 0 Å². The number of amides is 1. The Balaban J connectivity index is 2.13. The fourth-order valence-corrected chi connectivity index (χ4v) is 2.15. The summed E-state index contributed by atoms with van der Waals surface area (Å²) in [5.41, 5.74) is 2.09. The van der Waals surface area contributed by atoms with Gasteiger partial charge in [0.1, 0.15) is 0 Å². The van der Waals surface area contributed by atoms with Crippen LogP contribution in [0.2, 0.25) is 5.02 Å². The van der Waals surface area contributed by atoms with E-state index in [4.69, 9.17) is 16.7 Å². The molecular weight excluding hydrogens is 290 g/mol. The molecule has 4 nitrogen and oxygen atoms in total. The zero-order chi connectivity index (χ0) is 15.7. The number of carboxylic acid groups (broad SMARTS) is 1. The van der Waals surface area contributed by atoms with Crippen molar-refractivity contribution in [1.29, 1.82) is 0 Å². The second-order valence-electron chi connectivity index (χ2n) is 5.14. The quantitative estimate of drug-likeness (QED) is 0.687. The average molecular weight is 312 g/mol. The van der Waals surface area contributed by atoms with Gasteiger partial charge in [0.25, 0.3) is 0 Å². The molecule has 0 bridgehead atoms. The lowest BCUT2D eigenvalue weighted by Gasteiger charge is -2.06. The van der Waals surface area contributed by atoms with Gasteiger partial charge in [0.15, 0.2) is 0 Å². The number of nitrogens with one attached hydrogen (secondary N) is 1. The summed E-state index contributed by atoms with van der Waals surface area (Å²) in [6, 6.07) is 5.84. The third kappa shape index (κ3) is 7.71. The van der Waals surface area contributed by atoms with Crippen molar-refractivity contribution in [2.24, 2.45) is 0 Å². The minimum Gasteiger partial charge on any atom is -0.481 e. The number of benzene rings is 1. The van der Waals surface area contributed by atoms with Crippen LogP contribution in [0.25, 0.3) is 0 Å². The Hall–Kier alpha value is -1.55. The molecule has 0 atom stereocenters. The van der Waals surface area contributed by atoms with E-state index in [9.17, 15) is 9.59 Å². The van der Waals surface area contributed by atoms with Crippen molar-refractivity contribution >= 4 is 23.5 Å². The monoisotopic (exact) mass is 311 g/mol. The SMILES string of the molecule is Cc1ccc(CCC(=O)NCCCCCC(=O)O)cc1Cl. The Labute approximate surface area is 130 Å². The number of carbonyl (C=O) groups excluding carboxylic acids is 1. The van der Waals surface area contributed by atoms with Crippen LogP contribution >= 0.6 is 11.6 Å². The normalized spacial score (nSPS) is 10.4. The summed E-state index contributed by atoms with van der Waals surface area (Å²) in [5, 5.41) is 12.1. The summed E-state index contributed by atoms with van der Waals surface area (Å²) >= 11 is 6.04. The minimum atomic E-state index is -0.768. The van der Waals surface area contributed by atoms with E-state index in [1.807, 2.05) is 25.1 Å². The molecule has 1 amide bonds. The highest BCUT2D eigenvalue weighted by Gasteiger charge is 2.04. The molecule has 0 spiro atoms. The number of unbranched alkanes of at least 4 members (excludes halogenated alkanes) is 2. The van der Waals surface area contributed by atoms with E-state index < -0.39 is 5.97 Å². The van der Waals surface area contributed by atoms with Crippen LogP contribution in [0.15, 0.2) is 18.2 Å². The van der Waals surface area contributed by atoms with E-state index in [1.165, 1.54) is 0 Å². The van der Waals surface area contributed by atoms with Crippen LogP contribution in [0.3, 0.4) is 0 Å². The fraction of sp³-hybridized carbons (Fsp3) is 0.500. The maximum absolute atomic E-state index is 11.7. The average Bonchev–Trinajstić information content (AvgIpc) is 2.43. The largest absolute Gasteiger partial charge is 0.481 e. The first-order valence-corrected chi connectivity index (χ1v) is 7.60. The molecule has 0 aliphatic carbocycles. The highest BCUT2D eigenvalue weighted by atomic mass is 35.5. The van der Waals surface area contributed by atoms with Crippen molar-refractivity contribution in [2.45, 2.75) is 45.4 Å².